The number of aliphatic hydroxyl groups is 1. The van der Waals surface area contributed by atoms with E-state index in [1.54, 1.807) is 10.9 Å². The van der Waals surface area contributed by atoms with Gasteiger partial charge in [0, 0.05) is 10.7 Å². The maximum Gasteiger partial charge on any atom is 0.261 e. The zero-order valence-corrected chi connectivity index (χ0v) is 15.5. The van der Waals surface area contributed by atoms with Gasteiger partial charge in [0.2, 0.25) is 0 Å². The van der Waals surface area contributed by atoms with Crippen molar-refractivity contribution in [3.63, 3.8) is 0 Å². The molecule has 7 heteroatoms. The van der Waals surface area contributed by atoms with E-state index in [9.17, 15) is 5.11 Å². The van der Waals surface area contributed by atoms with Gasteiger partial charge in [-0.2, -0.15) is 10.1 Å². The van der Waals surface area contributed by atoms with E-state index in [0.29, 0.717) is 5.89 Å². The van der Waals surface area contributed by atoms with Crippen molar-refractivity contribution in [3.8, 4) is 11.5 Å². The van der Waals surface area contributed by atoms with Gasteiger partial charge in [0.15, 0.2) is 5.82 Å². The van der Waals surface area contributed by atoms with Crippen molar-refractivity contribution >= 4 is 15.9 Å². The van der Waals surface area contributed by atoms with Crippen LogP contribution in [0.3, 0.4) is 0 Å². The quantitative estimate of drug-likeness (QED) is 0.703. The molecule has 1 aliphatic rings. The lowest BCUT2D eigenvalue weighted by atomic mass is 9.64. The standard InChI is InChI=1S/C18H19BrN4O2/c1-12(11-24)23-10-13(9-20-23)16-21-17(22-25-16)18(7-2-8-18)14-3-5-15(19)6-4-14/h3-6,9-10,12,24H,2,7-8,11H2,1H3. The van der Waals surface area contributed by atoms with Crippen LogP contribution in [-0.2, 0) is 5.41 Å². The maximum atomic E-state index is 9.25. The largest absolute Gasteiger partial charge is 0.394 e. The fourth-order valence-corrected chi connectivity index (χ4v) is 3.51. The van der Waals surface area contributed by atoms with Gasteiger partial charge in [0.05, 0.1) is 29.8 Å². The summed E-state index contributed by atoms with van der Waals surface area (Å²) in [4.78, 5) is 4.67. The molecule has 1 aliphatic carbocycles. The number of aromatic nitrogens is 4. The molecule has 1 atom stereocenters. The zero-order chi connectivity index (χ0) is 17.4. The van der Waals surface area contributed by atoms with Gasteiger partial charge in [0.1, 0.15) is 0 Å². The molecule has 2 aromatic heterocycles. The first-order valence-corrected chi connectivity index (χ1v) is 9.17. The number of halogens is 1. The molecule has 0 saturated heterocycles. The number of hydrogen-bond donors (Lipinski definition) is 1. The summed E-state index contributed by atoms with van der Waals surface area (Å²) in [7, 11) is 0. The molecular weight excluding hydrogens is 384 g/mol. The van der Waals surface area contributed by atoms with Crippen LogP contribution in [0.5, 0.6) is 0 Å². The summed E-state index contributed by atoms with van der Waals surface area (Å²) in [6.07, 6.45) is 6.72. The number of nitrogens with zero attached hydrogens (tertiary/aromatic N) is 4. The van der Waals surface area contributed by atoms with Crippen LogP contribution in [0.4, 0.5) is 0 Å². The first kappa shape index (κ1) is 16.5. The van der Waals surface area contributed by atoms with Gasteiger partial charge in [-0.3, -0.25) is 4.68 Å². The molecule has 1 saturated carbocycles. The van der Waals surface area contributed by atoms with Gasteiger partial charge < -0.3 is 9.63 Å². The van der Waals surface area contributed by atoms with E-state index in [2.05, 4.69) is 55.4 Å². The number of hydrogen-bond acceptors (Lipinski definition) is 5. The van der Waals surface area contributed by atoms with Crippen molar-refractivity contribution in [1.29, 1.82) is 0 Å². The predicted octanol–water partition coefficient (Wildman–Crippen LogP) is 3.72. The topological polar surface area (TPSA) is 77.0 Å². The summed E-state index contributed by atoms with van der Waals surface area (Å²) in [5.41, 5.74) is 1.83. The number of benzene rings is 1. The van der Waals surface area contributed by atoms with Crippen LogP contribution >= 0.6 is 15.9 Å². The highest BCUT2D eigenvalue weighted by Gasteiger charge is 2.44. The molecule has 1 fully saturated rings. The Labute approximate surface area is 154 Å². The van der Waals surface area contributed by atoms with E-state index >= 15 is 0 Å². The van der Waals surface area contributed by atoms with E-state index in [1.165, 1.54) is 5.56 Å². The highest BCUT2D eigenvalue weighted by molar-refractivity contribution is 9.10. The SMILES string of the molecule is CC(CO)n1cc(-c2nc(C3(c4ccc(Br)cc4)CCC3)no2)cn1. The Balaban J connectivity index is 1.66. The van der Waals surface area contributed by atoms with Gasteiger partial charge in [-0.1, -0.05) is 39.6 Å². The monoisotopic (exact) mass is 402 g/mol. The Morgan fingerprint density at radius 1 is 1.32 bits per heavy atom. The van der Waals surface area contributed by atoms with Crippen LogP contribution in [0, 0.1) is 0 Å². The van der Waals surface area contributed by atoms with E-state index in [4.69, 9.17) is 4.52 Å². The van der Waals surface area contributed by atoms with Crippen molar-refractivity contribution in [2.24, 2.45) is 0 Å². The lowest BCUT2D eigenvalue weighted by Gasteiger charge is -2.39. The Morgan fingerprint density at radius 2 is 2.08 bits per heavy atom. The Hall–Kier alpha value is -1.99. The second-order valence-corrected chi connectivity index (χ2v) is 7.52. The van der Waals surface area contributed by atoms with Crippen molar-refractivity contribution in [3.05, 3.63) is 52.5 Å². The molecule has 3 aromatic rings. The molecule has 1 unspecified atom stereocenters. The normalized spacial score (nSPS) is 17.2. The first-order valence-electron chi connectivity index (χ1n) is 8.38. The first-order chi connectivity index (χ1) is 12.1. The molecule has 1 aromatic carbocycles. The molecule has 0 bridgehead atoms. The van der Waals surface area contributed by atoms with Gasteiger partial charge >= 0.3 is 0 Å². The minimum atomic E-state index is -0.156. The lowest BCUT2D eigenvalue weighted by molar-refractivity contribution is 0.230. The fourth-order valence-electron chi connectivity index (χ4n) is 3.25. The predicted molar refractivity (Wildman–Crippen MR) is 96.1 cm³/mol. The highest BCUT2D eigenvalue weighted by atomic mass is 79.9. The molecule has 130 valence electrons. The Kier molecular flexibility index (Phi) is 4.21. The molecule has 0 spiro atoms. The second kappa shape index (κ2) is 6.38. The third-order valence-electron chi connectivity index (χ3n) is 5.02. The Bertz CT molecular complexity index is 867. The molecule has 0 aliphatic heterocycles. The van der Waals surface area contributed by atoms with Gasteiger partial charge in [-0.05, 0) is 37.5 Å². The van der Waals surface area contributed by atoms with Crippen LogP contribution < -0.4 is 0 Å². The smallest absolute Gasteiger partial charge is 0.261 e. The summed E-state index contributed by atoms with van der Waals surface area (Å²) in [5, 5.41) is 17.8. The van der Waals surface area contributed by atoms with Crippen molar-refractivity contribution in [1.82, 2.24) is 19.9 Å². The minimum absolute atomic E-state index is 0.0306. The van der Waals surface area contributed by atoms with Crippen LogP contribution in [0.2, 0.25) is 0 Å². The molecular formula is C18H19BrN4O2. The van der Waals surface area contributed by atoms with Crippen molar-refractivity contribution < 1.29 is 9.63 Å². The van der Waals surface area contributed by atoms with Gasteiger partial charge in [0.25, 0.3) is 5.89 Å². The second-order valence-electron chi connectivity index (χ2n) is 6.61. The summed E-state index contributed by atoms with van der Waals surface area (Å²) in [5.74, 6) is 1.20. The average molecular weight is 403 g/mol. The molecule has 25 heavy (non-hydrogen) atoms. The molecule has 0 radical (unpaired) electrons. The number of rotatable bonds is 5. The molecule has 1 N–H and O–H groups in total. The summed E-state index contributed by atoms with van der Waals surface area (Å²) in [6.45, 7) is 1.93. The summed E-state index contributed by atoms with van der Waals surface area (Å²) >= 11 is 3.49. The fraction of sp³-hybridized carbons (Fsp3) is 0.389. The minimum Gasteiger partial charge on any atom is -0.394 e. The summed E-state index contributed by atoms with van der Waals surface area (Å²) in [6, 6.07) is 8.27. The summed E-state index contributed by atoms with van der Waals surface area (Å²) < 4.78 is 8.28. The van der Waals surface area contributed by atoms with E-state index < -0.39 is 0 Å². The van der Waals surface area contributed by atoms with Crippen LogP contribution in [0.25, 0.3) is 11.5 Å². The van der Waals surface area contributed by atoms with Crippen LogP contribution in [0.15, 0.2) is 45.7 Å². The zero-order valence-electron chi connectivity index (χ0n) is 13.9. The van der Waals surface area contributed by atoms with Crippen LogP contribution in [-0.4, -0.2) is 31.6 Å². The third kappa shape index (κ3) is 2.81. The highest BCUT2D eigenvalue weighted by Crippen LogP contribution is 2.48. The van der Waals surface area contributed by atoms with E-state index in [-0.39, 0.29) is 18.1 Å². The van der Waals surface area contributed by atoms with Crippen LogP contribution in [0.1, 0.15) is 43.6 Å². The van der Waals surface area contributed by atoms with Gasteiger partial charge in [-0.25, -0.2) is 0 Å². The third-order valence-corrected chi connectivity index (χ3v) is 5.55. The molecule has 6 nitrogen and oxygen atoms in total. The van der Waals surface area contributed by atoms with E-state index in [1.807, 2.05) is 13.1 Å². The Morgan fingerprint density at radius 3 is 2.72 bits per heavy atom. The van der Waals surface area contributed by atoms with Crippen molar-refractivity contribution in [2.45, 2.75) is 37.6 Å². The molecule has 0 amide bonds. The van der Waals surface area contributed by atoms with Crippen molar-refractivity contribution in [2.75, 3.05) is 6.61 Å². The van der Waals surface area contributed by atoms with E-state index in [0.717, 1.165) is 35.1 Å². The average Bonchev–Trinajstić information content (AvgIpc) is 3.24. The van der Waals surface area contributed by atoms with Gasteiger partial charge in [-0.15, -0.1) is 0 Å². The molecule has 2 heterocycles. The maximum absolute atomic E-state index is 9.25. The molecule has 4 rings (SSSR count). The number of aliphatic hydroxyl groups excluding tert-OH is 1. The lowest BCUT2D eigenvalue weighted by Crippen LogP contribution is -2.36.